The van der Waals surface area contributed by atoms with Crippen molar-refractivity contribution in [2.24, 2.45) is 0 Å². The van der Waals surface area contributed by atoms with Crippen molar-refractivity contribution in [3.63, 3.8) is 0 Å². The van der Waals surface area contributed by atoms with Gasteiger partial charge in [0.1, 0.15) is 5.82 Å². The smallest absolute Gasteiger partial charge is 0.264 e. The molecule has 1 heterocycles. The molecule has 0 aliphatic heterocycles. The maximum absolute atomic E-state index is 11.9. The summed E-state index contributed by atoms with van der Waals surface area (Å²) < 4.78 is 0.689. The van der Waals surface area contributed by atoms with E-state index in [1.54, 1.807) is 0 Å². The normalized spacial score (nSPS) is 10.7. The van der Waals surface area contributed by atoms with Crippen LogP contribution in [0.2, 0.25) is 5.02 Å². The highest BCUT2D eigenvalue weighted by Gasteiger charge is 2.08. The fourth-order valence-corrected chi connectivity index (χ4v) is 2.62. The number of rotatable bonds is 4. The number of benzene rings is 1. The predicted octanol–water partition coefficient (Wildman–Crippen LogP) is 3.57. The molecule has 0 fully saturated rings. The average molecular weight is 389 g/mol. The van der Waals surface area contributed by atoms with E-state index >= 15 is 0 Å². The Labute approximate surface area is 130 Å². The average Bonchev–Trinajstić information content (AvgIpc) is 2.35. The van der Waals surface area contributed by atoms with E-state index in [1.807, 2.05) is 24.3 Å². The van der Waals surface area contributed by atoms with Gasteiger partial charge < -0.3 is 4.98 Å². The van der Waals surface area contributed by atoms with Crippen molar-refractivity contribution in [3.8, 4) is 0 Å². The summed E-state index contributed by atoms with van der Waals surface area (Å²) in [7, 11) is 0. The number of H-pyrrole nitrogens is 1. The van der Waals surface area contributed by atoms with Crippen molar-refractivity contribution < 1.29 is 0 Å². The minimum absolute atomic E-state index is 0.0592. The van der Waals surface area contributed by atoms with Crippen LogP contribution >= 0.6 is 34.2 Å². The van der Waals surface area contributed by atoms with Crippen LogP contribution in [0.1, 0.15) is 30.4 Å². The molecular weight excluding hydrogens is 375 g/mol. The van der Waals surface area contributed by atoms with Crippen molar-refractivity contribution in [3.05, 3.63) is 60.3 Å². The van der Waals surface area contributed by atoms with E-state index in [-0.39, 0.29) is 5.56 Å². The van der Waals surface area contributed by atoms with Gasteiger partial charge in [-0.3, -0.25) is 4.79 Å². The maximum Gasteiger partial charge on any atom is 0.264 e. The minimum atomic E-state index is -0.0592. The first kappa shape index (κ1) is 14.5. The van der Waals surface area contributed by atoms with Gasteiger partial charge in [-0.05, 0) is 46.7 Å². The van der Waals surface area contributed by atoms with Crippen LogP contribution in [0.15, 0.2) is 29.1 Å². The number of halogens is 2. The monoisotopic (exact) mass is 388 g/mol. The molecule has 2 aromatic rings. The molecule has 2 rings (SSSR count). The minimum Gasteiger partial charge on any atom is -0.309 e. The largest absolute Gasteiger partial charge is 0.309 e. The fourth-order valence-electron chi connectivity index (χ4n) is 1.88. The van der Waals surface area contributed by atoms with Gasteiger partial charge in [-0.2, -0.15) is 0 Å². The van der Waals surface area contributed by atoms with Crippen LogP contribution in [0.4, 0.5) is 0 Å². The van der Waals surface area contributed by atoms with E-state index in [4.69, 9.17) is 11.6 Å². The molecule has 100 valence electrons. The lowest BCUT2D eigenvalue weighted by atomic mass is 10.1. The van der Waals surface area contributed by atoms with Gasteiger partial charge in [0.25, 0.3) is 5.56 Å². The highest BCUT2D eigenvalue weighted by molar-refractivity contribution is 14.1. The lowest BCUT2D eigenvalue weighted by Gasteiger charge is -2.06. The molecule has 0 atom stereocenters. The molecule has 19 heavy (non-hydrogen) atoms. The number of aryl methyl sites for hydroxylation is 1. The molecule has 0 saturated heterocycles. The zero-order chi connectivity index (χ0) is 13.8. The van der Waals surface area contributed by atoms with Crippen LogP contribution in [-0.2, 0) is 12.8 Å². The summed E-state index contributed by atoms with van der Waals surface area (Å²) in [6, 6.07) is 7.59. The summed E-state index contributed by atoms with van der Waals surface area (Å²) in [5, 5.41) is 0.694. The fraction of sp³-hybridized carbons (Fsp3) is 0.286. The van der Waals surface area contributed by atoms with E-state index < -0.39 is 0 Å². The van der Waals surface area contributed by atoms with Gasteiger partial charge in [0.05, 0.1) is 9.26 Å². The second-order valence-electron chi connectivity index (χ2n) is 4.33. The molecule has 1 N–H and O–H groups in total. The molecule has 0 radical (unpaired) electrons. The molecule has 0 unspecified atom stereocenters. The Balaban J connectivity index is 2.33. The molecule has 0 saturated carbocycles. The van der Waals surface area contributed by atoms with E-state index in [0.717, 1.165) is 24.1 Å². The lowest BCUT2D eigenvalue weighted by molar-refractivity contribution is 0.822. The Bertz CT molecular complexity index is 640. The summed E-state index contributed by atoms with van der Waals surface area (Å²) in [4.78, 5) is 19.2. The second-order valence-corrected chi connectivity index (χ2v) is 5.85. The molecule has 5 heteroatoms. The molecule has 0 spiro atoms. The molecule has 0 bridgehead atoms. The molecule has 0 amide bonds. The van der Waals surface area contributed by atoms with Gasteiger partial charge in [-0.25, -0.2) is 4.98 Å². The molecule has 1 aromatic carbocycles. The van der Waals surface area contributed by atoms with Gasteiger partial charge >= 0.3 is 0 Å². The van der Waals surface area contributed by atoms with E-state index in [1.165, 1.54) is 0 Å². The first-order chi connectivity index (χ1) is 9.10. The Morgan fingerprint density at radius 1 is 1.42 bits per heavy atom. The third-order valence-corrected chi connectivity index (χ3v) is 4.08. The van der Waals surface area contributed by atoms with Crippen LogP contribution < -0.4 is 5.56 Å². The first-order valence-electron chi connectivity index (χ1n) is 6.12. The van der Waals surface area contributed by atoms with Crippen LogP contribution in [0, 0.1) is 3.57 Å². The SMILES string of the molecule is CCCc1nc(Cc2cccc(Cl)c2)[nH]c(=O)c1I. The Kier molecular flexibility index (Phi) is 4.99. The topological polar surface area (TPSA) is 45.8 Å². The summed E-state index contributed by atoms with van der Waals surface area (Å²) in [5.74, 6) is 0.691. The molecule has 3 nitrogen and oxygen atoms in total. The molecule has 1 aromatic heterocycles. The van der Waals surface area contributed by atoms with Crippen molar-refractivity contribution in [2.75, 3.05) is 0 Å². The van der Waals surface area contributed by atoms with E-state index in [2.05, 4.69) is 39.5 Å². The van der Waals surface area contributed by atoms with E-state index in [9.17, 15) is 4.79 Å². The number of nitrogens with one attached hydrogen (secondary N) is 1. The van der Waals surface area contributed by atoms with Crippen molar-refractivity contribution in [2.45, 2.75) is 26.2 Å². The third kappa shape index (κ3) is 3.79. The number of aromatic amines is 1. The number of hydrogen-bond acceptors (Lipinski definition) is 2. The third-order valence-electron chi connectivity index (χ3n) is 2.73. The van der Waals surface area contributed by atoms with Crippen molar-refractivity contribution >= 4 is 34.2 Å². The van der Waals surface area contributed by atoms with Crippen LogP contribution in [0.5, 0.6) is 0 Å². The van der Waals surface area contributed by atoms with E-state index in [0.29, 0.717) is 20.8 Å². The second kappa shape index (κ2) is 6.52. The van der Waals surface area contributed by atoms with Crippen molar-refractivity contribution in [1.29, 1.82) is 0 Å². The zero-order valence-corrected chi connectivity index (χ0v) is 13.5. The number of hydrogen-bond donors (Lipinski definition) is 1. The van der Waals surface area contributed by atoms with Crippen LogP contribution in [-0.4, -0.2) is 9.97 Å². The Morgan fingerprint density at radius 3 is 2.89 bits per heavy atom. The number of nitrogens with zero attached hydrogens (tertiary/aromatic N) is 1. The van der Waals surface area contributed by atoms with Crippen LogP contribution in [0.25, 0.3) is 0 Å². The van der Waals surface area contributed by atoms with Gasteiger partial charge in [0, 0.05) is 11.4 Å². The quantitative estimate of drug-likeness (QED) is 0.814. The summed E-state index contributed by atoms with van der Waals surface area (Å²) in [6.07, 6.45) is 2.39. The van der Waals surface area contributed by atoms with Gasteiger partial charge in [-0.15, -0.1) is 0 Å². The van der Waals surface area contributed by atoms with Crippen molar-refractivity contribution in [1.82, 2.24) is 9.97 Å². The first-order valence-corrected chi connectivity index (χ1v) is 7.58. The Morgan fingerprint density at radius 2 is 2.21 bits per heavy atom. The number of aromatic nitrogens is 2. The standard InChI is InChI=1S/C14H14ClIN2O/c1-2-4-11-13(16)14(19)18-12(17-11)8-9-5-3-6-10(15)7-9/h3,5-7H,2,4,8H2,1H3,(H,17,18,19). The Hall–Kier alpha value is -0.880. The molecule has 0 aliphatic rings. The highest BCUT2D eigenvalue weighted by Crippen LogP contribution is 2.14. The predicted molar refractivity (Wildman–Crippen MR) is 85.8 cm³/mol. The summed E-state index contributed by atoms with van der Waals surface area (Å²) in [5.41, 5.74) is 1.86. The zero-order valence-electron chi connectivity index (χ0n) is 10.5. The highest BCUT2D eigenvalue weighted by atomic mass is 127. The van der Waals surface area contributed by atoms with Gasteiger partial charge in [0.15, 0.2) is 0 Å². The molecular formula is C14H14ClIN2O. The summed E-state index contributed by atoms with van der Waals surface area (Å²) >= 11 is 8.01. The molecule has 0 aliphatic carbocycles. The van der Waals surface area contributed by atoms with Gasteiger partial charge in [0.2, 0.25) is 0 Å². The maximum atomic E-state index is 11.9. The van der Waals surface area contributed by atoms with Crippen LogP contribution in [0.3, 0.4) is 0 Å². The lowest BCUT2D eigenvalue weighted by Crippen LogP contribution is -2.18. The summed E-state index contributed by atoms with van der Waals surface area (Å²) in [6.45, 7) is 2.08. The van der Waals surface area contributed by atoms with Gasteiger partial charge in [-0.1, -0.05) is 37.1 Å².